The number of rotatable bonds is 9. The first kappa shape index (κ1) is 34.3. The van der Waals surface area contributed by atoms with E-state index in [0.29, 0.717) is 25.4 Å². The largest absolute Gasteiger partial charge is 0.445 e. The number of likely N-dealkylation sites (tertiary alicyclic amines) is 1. The number of nitrogens with one attached hydrogen (secondary N) is 1. The number of alkyl carbamates (subject to hydrolysis) is 1. The van der Waals surface area contributed by atoms with Crippen molar-refractivity contribution in [1.82, 2.24) is 10.2 Å². The molecule has 0 aliphatic carbocycles. The van der Waals surface area contributed by atoms with Crippen LogP contribution in [0.15, 0.2) is 78.9 Å². The van der Waals surface area contributed by atoms with Gasteiger partial charge in [0, 0.05) is 44.0 Å². The zero-order valence-electron chi connectivity index (χ0n) is 28.1. The second kappa shape index (κ2) is 15.0. The summed E-state index contributed by atoms with van der Waals surface area (Å²) in [4.78, 5) is 42.1. The van der Waals surface area contributed by atoms with Crippen LogP contribution in [0, 0.1) is 5.92 Å². The molecule has 2 N–H and O–H groups in total. The van der Waals surface area contributed by atoms with Crippen LogP contribution in [0.2, 0.25) is 0 Å². The molecular weight excluding hydrogens is 642 g/mol. The van der Waals surface area contributed by atoms with Gasteiger partial charge in [-0.2, -0.15) is 0 Å². The van der Waals surface area contributed by atoms with Gasteiger partial charge in [-0.3, -0.25) is 9.59 Å². The number of imide groups is 1. The normalized spacial score (nSPS) is 26.8. The Morgan fingerprint density at radius 3 is 2.26 bits per heavy atom. The Bertz CT molecular complexity index is 1640. The SMILES string of the molecule is CC1C(CN2CCC3(CC2)OCCO3)OC(c2ccc(N3C(=O)CC(NC(=O)OCc4ccccc4)C3=O)cc2)OC1c1ccc(CO)cc1. The third-order valence-electron chi connectivity index (χ3n) is 10.1. The first-order valence-electron chi connectivity index (χ1n) is 17.3. The van der Waals surface area contributed by atoms with E-state index < -0.39 is 36.0 Å². The van der Waals surface area contributed by atoms with E-state index in [1.54, 1.807) is 24.3 Å². The smallest absolute Gasteiger partial charge is 0.408 e. The minimum absolute atomic E-state index is 0.0176. The van der Waals surface area contributed by atoms with Crippen molar-refractivity contribution in [2.24, 2.45) is 5.92 Å². The Morgan fingerprint density at radius 1 is 0.900 bits per heavy atom. The number of hydrogen-bond donors (Lipinski definition) is 2. The molecule has 264 valence electrons. The van der Waals surface area contributed by atoms with Gasteiger partial charge in [0.15, 0.2) is 12.1 Å². The lowest BCUT2D eigenvalue weighted by atomic mass is 9.89. The minimum atomic E-state index is -1.02. The Balaban J connectivity index is 1.03. The highest BCUT2D eigenvalue weighted by Gasteiger charge is 2.44. The maximum absolute atomic E-state index is 13.3. The van der Waals surface area contributed by atoms with Crippen molar-refractivity contribution in [3.05, 3.63) is 101 Å². The van der Waals surface area contributed by atoms with E-state index in [1.807, 2.05) is 54.6 Å². The number of hydrogen-bond acceptors (Lipinski definition) is 10. The van der Waals surface area contributed by atoms with Gasteiger partial charge in [-0.25, -0.2) is 9.69 Å². The van der Waals surface area contributed by atoms with E-state index in [2.05, 4.69) is 17.1 Å². The van der Waals surface area contributed by atoms with Gasteiger partial charge in [0.1, 0.15) is 12.6 Å². The molecule has 4 aliphatic rings. The predicted octanol–water partition coefficient (Wildman–Crippen LogP) is 4.37. The number of piperidine rings is 1. The van der Waals surface area contributed by atoms with Crippen molar-refractivity contribution >= 4 is 23.6 Å². The third kappa shape index (κ3) is 7.46. The highest BCUT2D eigenvalue weighted by Crippen LogP contribution is 2.43. The fourth-order valence-corrected chi connectivity index (χ4v) is 7.15. The van der Waals surface area contributed by atoms with Gasteiger partial charge in [-0.15, -0.1) is 0 Å². The van der Waals surface area contributed by atoms with Crippen LogP contribution >= 0.6 is 0 Å². The lowest BCUT2D eigenvalue weighted by Crippen LogP contribution is -2.50. The van der Waals surface area contributed by atoms with Gasteiger partial charge in [0.25, 0.3) is 5.91 Å². The molecule has 50 heavy (non-hydrogen) atoms. The summed E-state index contributed by atoms with van der Waals surface area (Å²) < 4.78 is 30.4. The second-order valence-corrected chi connectivity index (χ2v) is 13.4. The number of amides is 3. The molecule has 5 unspecified atom stereocenters. The number of carbonyl (C=O) groups excluding carboxylic acids is 3. The average Bonchev–Trinajstić information content (AvgIpc) is 3.72. The number of aliphatic hydroxyl groups excluding tert-OH is 1. The van der Waals surface area contributed by atoms with Crippen molar-refractivity contribution in [3.63, 3.8) is 0 Å². The minimum Gasteiger partial charge on any atom is -0.445 e. The first-order valence-corrected chi connectivity index (χ1v) is 17.3. The van der Waals surface area contributed by atoms with Crippen molar-refractivity contribution in [2.45, 2.75) is 69.7 Å². The maximum atomic E-state index is 13.3. The Hall–Kier alpha value is -4.17. The van der Waals surface area contributed by atoms with E-state index in [-0.39, 0.29) is 37.8 Å². The summed E-state index contributed by atoms with van der Waals surface area (Å²) in [5.41, 5.74) is 3.75. The van der Waals surface area contributed by atoms with Crippen LogP contribution in [0.5, 0.6) is 0 Å². The molecule has 3 amide bonds. The summed E-state index contributed by atoms with van der Waals surface area (Å²) >= 11 is 0. The van der Waals surface area contributed by atoms with E-state index in [4.69, 9.17) is 23.7 Å². The van der Waals surface area contributed by atoms with E-state index in [9.17, 15) is 19.5 Å². The van der Waals surface area contributed by atoms with Gasteiger partial charge in [0.05, 0.1) is 44.1 Å². The molecule has 7 rings (SSSR count). The molecule has 4 heterocycles. The van der Waals surface area contributed by atoms with E-state index in [0.717, 1.165) is 53.1 Å². The van der Waals surface area contributed by atoms with Gasteiger partial charge < -0.3 is 39.0 Å². The summed E-state index contributed by atoms with van der Waals surface area (Å²) in [6, 6.07) is 22.9. The Labute approximate surface area is 291 Å². The molecule has 3 aromatic rings. The topological polar surface area (TPSA) is 136 Å². The molecule has 12 heteroatoms. The number of ether oxygens (including phenoxy) is 5. The van der Waals surface area contributed by atoms with Crippen molar-refractivity contribution in [3.8, 4) is 0 Å². The molecule has 0 radical (unpaired) electrons. The molecular formula is C38H43N3O9. The number of carbonyl (C=O) groups is 3. The van der Waals surface area contributed by atoms with Gasteiger partial charge in [-0.1, -0.05) is 73.7 Å². The molecule has 0 aromatic heterocycles. The molecule has 12 nitrogen and oxygen atoms in total. The lowest BCUT2D eigenvalue weighted by molar-refractivity contribution is -0.278. The highest BCUT2D eigenvalue weighted by atomic mass is 16.7. The zero-order valence-corrected chi connectivity index (χ0v) is 28.1. The van der Waals surface area contributed by atoms with Crippen LogP contribution in [0.3, 0.4) is 0 Å². The number of nitrogens with zero attached hydrogens (tertiary/aromatic N) is 2. The molecule has 4 fully saturated rings. The quantitative estimate of drug-likeness (QED) is 0.313. The van der Waals surface area contributed by atoms with Crippen molar-refractivity contribution in [2.75, 3.05) is 37.7 Å². The number of benzene rings is 3. The summed E-state index contributed by atoms with van der Waals surface area (Å²) in [5.74, 6) is -1.39. The fourth-order valence-electron chi connectivity index (χ4n) is 7.15. The van der Waals surface area contributed by atoms with Crippen LogP contribution in [-0.4, -0.2) is 78.7 Å². The van der Waals surface area contributed by atoms with Crippen molar-refractivity contribution in [1.29, 1.82) is 0 Å². The summed E-state index contributed by atoms with van der Waals surface area (Å²) in [5, 5.41) is 12.1. The summed E-state index contributed by atoms with van der Waals surface area (Å²) in [6.45, 7) is 5.80. The third-order valence-corrected chi connectivity index (χ3v) is 10.1. The molecule has 5 atom stereocenters. The number of anilines is 1. The maximum Gasteiger partial charge on any atom is 0.408 e. The average molecular weight is 686 g/mol. The van der Waals surface area contributed by atoms with Gasteiger partial charge in [0.2, 0.25) is 5.91 Å². The lowest BCUT2D eigenvalue weighted by Gasteiger charge is -2.44. The standard InChI is InChI=1S/C38H43N3O9/c1-25-32(22-40-17-15-38(16-18-40)47-19-20-48-38)49-36(50-34(25)28-9-7-26(23-42)8-10-28)29-11-13-30(14-12-29)41-33(43)21-31(35(41)44)39-37(45)46-24-27-5-3-2-4-6-27/h2-14,25,31-32,34,36,42H,15-24H2,1H3,(H,39,45). The summed E-state index contributed by atoms with van der Waals surface area (Å²) in [6.07, 6.45) is -0.463. The first-order chi connectivity index (χ1) is 24.3. The molecule has 4 saturated heterocycles. The molecule has 0 saturated carbocycles. The summed E-state index contributed by atoms with van der Waals surface area (Å²) in [7, 11) is 0. The Morgan fingerprint density at radius 2 is 1.58 bits per heavy atom. The highest BCUT2D eigenvalue weighted by molar-refractivity contribution is 6.22. The predicted molar refractivity (Wildman–Crippen MR) is 180 cm³/mol. The van der Waals surface area contributed by atoms with Crippen LogP contribution in [0.1, 0.15) is 60.8 Å². The fraction of sp³-hybridized carbons (Fsp3) is 0.447. The molecule has 0 bridgehead atoms. The zero-order chi connectivity index (χ0) is 34.7. The Kier molecular flexibility index (Phi) is 10.3. The van der Waals surface area contributed by atoms with Gasteiger partial charge in [-0.05, 0) is 28.8 Å². The van der Waals surface area contributed by atoms with Crippen LogP contribution < -0.4 is 10.2 Å². The number of aliphatic hydroxyl groups is 1. The van der Waals surface area contributed by atoms with Crippen LogP contribution in [0.4, 0.5) is 10.5 Å². The van der Waals surface area contributed by atoms with E-state index in [1.165, 1.54) is 0 Å². The monoisotopic (exact) mass is 685 g/mol. The molecule has 4 aliphatic heterocycles. The van der Waals surface area contributed by atoms with Gasteiger partial charge >= 0.3 is 6.09 Å². The van der Waals surface area contributed by atoms with Crippen molar-refractivity contribution < 1.29 is 43.2 Å². The van der Waals surface area contributed by atoms with Crippen LogP contribution in [0.25, 0.3) is 0 Å². The second-order valence-electron chi connectivity index (χ2n) is 13.4. The van der Waals surface area contributed by atoms with Crippen LogP contribution in [-0.2, 0) is 46.5 Å². The van der Waals surface area contributed by atoms with E-state index >= 15 is 0 Å². The molecule has 3 aromatic carbocycles. The molecule has 1 spiro atoms.